The summed E-state index contributed by atoms with van der Waals surface area (Å²) in [4.78, 5) is 10.4. The van der Waals surface area contributed by atoms with Crippen LogP contribution in [0.1, 0.15) is 19.7 Å². The molecule has 180 valence electrons. The van der Waals surface area contributed by atoms with E-state index in [9.17, 15) is 18.7 Å². The normalized spacial score (nSPS) is 25.1. The number of aliphatic carboxylic acids is 1. The standard InChI is InChI=1S/C22H27F2N3O6/c1-3-26-14-6-5-13(9-15(14)27(4-2)18(26)10-25)33-17-12-32-19-16(11-31-20(17)19)30-8-7-22(23,24)21(28)29/h5-9,16-17,19-20H,3-4,10-12,25H2,1-2H3/b8-7+/t16-,17-,19+,20+/m0/s1. The number of halogens is 2. The van der Waals surface area contributed by atoms with Crippen LogP contribution >= 0.6 is 0 Å². The number of hydrogen-bond acceptors (Lipinski definition) is 7. The number of aryl methyl sites for hydroxylation is 2. The highest BCUT2D eigenvalue weighted by atomic mass is 19.3. The third kappa shape index (κ3) is 4.28. The lowest BCUT2D eigenvalue weighted by Crippen LogP contribution is -2.40. The van der Waals surface area contributed by atoms with E-state index in [4.69, 9.17) is 24.7 Å². The van der Waals surface area contributed by atoms with Crippen LogP contribution in [-0.2, 0) is 38.6 Å². The first-order valence-corrected chi connectivity index (χ1v) is 10.9. The molecular formula is C22H27F2N3O6. The summed E-state index contributed by atoms with van der Waals surface area (Å²) < 4.78 is 53.5. The first-order chi connectivity index (χ1) is 15.8. The fourth-order valence-electron chi connectivity index (χ4n) is 4.49. The Hall–Kier alpha value is -2.76. The minimum Gasteiger partial charge on any atom is -0.544 e. The van der Waals surface area contributed by atoms with Crippen molar-refractivity contribution < 1.29 is 42.2 Å². The summed E-state index contributed by atoms with van der Waals surface area (Å²) in [7, 11) is 0. The molecule has 0 spiro atoms. The Kier molecular flexibility index (Phi) is 6.55. The largest absolute Gasteiger partial charge is 0.544 e. The maximum atomic E-state index is 13.1. The number of alkyl halides is 2. The molecule has 0 amide bonds. The number of imidazole rings is 1. The molecule has 9 nitrogen and oxygen atoms in total. The van der Waals surface area contributed by atoms with Gasteiger partial charge in [-0.25, -0.2) is 9.13 Å². The van der Waals surface area contributed by atoms with Gasteiger partial charge in [0.2, 0.25) is 0 Å². The first kappa shape index (κ1) is 23.4. The topological polar surface area (TPSA) is 112 Å². The zero-order valence-corrected chi connectivity index (χ0v) is 18.4. The molecule has 1 aromatic heterocycles. The number of rotatable bonds is 9. The fourth-order valence-corrected chi connectivity index (χ4v) is 4.49. The number of nitrogens with two attached hydrogens (primary N) is 1. The minimum absolute atomic E-state index is 0.102. The molecule has 2 saturated heterocycles. The molecule has 1 aromatic carbocycles. The number of carboxylic acid groups (broad SMARTS) is 1. The monoisotopic (exact) mass is 467 g/mol. The van der Waals surface area contributed by atoms with Crippen LogP contribution < -0.4 is 20.1 Å². The van der Waals surface area contributed by atoms with Crippen molar-refractivity contribution in [2.45, 2.75) is 63.8 Å². The molecule has 2 aliphatic rings. The van der Waals surface area contributed by atoms with E-state index in [1.165, 1.54) is 0 Å². The van der Waals surface area contributed by atoms with Gasteiger partial charge in [-0.2, -0.15) is 8.78 Å². The SMILES string of the molecule is CCn1c(CN)[n+](CC)c2ccc(O[C@H]3CO[C@H]4[C@@H]3OC[C@@H]4O/C=C/C(F)(F)C(=O)[O-])cc21. The lowest BCUT2D eigenvalue weighted by molar-refractivity contribution is -0.676. The number of carbonyl (C=O) groups excluding carboxylic acids is 1. The molecule has 2 aromatic rings. The zero-order chi connectivity index (χ0) is 23.8. The molecule has 2 fully saturated rings. The predicted molar refractivity (Wildman–Crippen MR) is 109 cm³/mol. The molecule has 2 N–H and O–H groups in total. The second kappa shape index (κ2) is 9.24. The molecule has 0 radical (unpaired) electrons. The van der Waals surface area contributed by atoms with Crippen molar-refractivity contribution in [1.82, 2.24) is 4.57 Å². The van der Waals surface area contributed by atoms with Crippen LogP contribution in [0.4, 0.5) is 8.78 Å². The van der Waals surface area contributed by atoms with Gasteiger partial charge in [-0.3, -0.25) is 0 Å². The van der Waals surface area contributed by atoms with Crippen LogP contribution in [0, 0.1) is 0 Å². The average molecular weight is 467 g/mol. The van der Waals surface area contributed by atoms with Crippen molar-refractivity contribution in [2.24, 2.45) is 5.73 Å². The van der Waals surface area contributed by atoms with E-state index in [0.717, 1.165) is 29.9 Å². The van der Waals surface area contributed by atoms with Crippen molar-refractivity contribution >= 4 is 17.0 Å². The molecular weight excluding hydrogens is 440 g/mol. The summed E-state index contributed by atoms with van der Waals surface area (Å²) in [5, 5.41) is 10.4. The molecule has 2 aliphatic heterocycles. The van der Waals surface area contributed by atoms with Crippen LogP contribution in [0.25, 0.3) is 11.0 Å². The van der Waals surface area contributed by atoms with E-state index in [-0.39, 0.29) is 19.3 Å². The third-order valence-electron chi connectivity index (χ3n) is 6.02. The van der Waals surface area contributed by atoms with Crippen LogP contribution in [-0.4, -0.2) is 54.1 Å². The Morgan fingerprint density at radius 2 is 2.00 bits per heavy atom. The van der Waals surface area contributed by atoms with Gasteiger partial charge in [0.15, 0.2) is 17.1 Å². The number of hydrogen-bond donors (Lipinski definition) is 1. The number of benzene rings is 1. The number of ether oxygens (including phenoxy) is 4. The number of aromatic nitrogens is 2. The van der Waals surface area contributed by atoms with Gasteiger partial charge in [-0.15, -0.1) is 0 Å². The van der Waals surface area contributed by atoms with Gasteiger partial charge in [0.25, 0.3) is 5.82 Å². The quantitative estimate of drug-likeness (QED) is 0.416. The van der Waals surface area contributed by atoms with Crippen molar-refractivity contribution in [3.63, 3.8) is 0 Å². The number of carboxylic acids is 1. The molecule has 0 saturated carbocycles. The third-order valence-corrected chi connectivity index (χ3v) is 6.02. The maximum absolute atomic E-state index is 13.1. The molecule has 3 heterocycles. The second-order valence-electron chi connectivity index (χ2n) is 7.90. The number of nitrogens with zero attached hydrogens (tertiary/aromatic N) is 2. The van der Waals surface area contributed by atoms with Gasteiger partial charge in [-0.05, 0) is 26.0 Å². The Labute approximate surface area is 189 Å². The van der Waals surface area contributed by atoms with Gasteiger partial charge in [0.05, 0.1) is 39.1 Å². The van der Waals surface area contributed by atoms with E-state index in [2.05, 4.69) is 23.0 Å². The molecule has 4 atom stereocenters. The van der Waals surface area contributed by atoms with Gasteiger partial charge in [-0.1, -0.05) is 0 Å². The van der Waals surface area contributed by atoms with E-state index in [1.807, 2.05) is 18.2 Å². The smallest absolute Gasteiger partial charge is 0.308 e. The number of fused-ring (bicyclic) bond motifs is 2. The Bertz CT molecular complexity index is 1060. The lowest BCUT2D eigenvalue weighted by atomic mass is 10.1. The Morgan fingerprint density at radius 3 is 2.64 bits per heavy atom. The summed E-state index contributed by atoms with van der Waals surface area (Å²) in [6.45, 7) is 6.47. The number of carbonyl (C=O) groups is 1. The second-order valence-corrected chi connectivity index (χ2v) is 7.90. The Balaban J connectivity index is 1.46. The molecule has 0 unspecified atom stereocenters. The van der Waals surface area contributed by atoms with E-state index in [0.29, 0.717) is 18.6 Å². The molecule has 33 heavy (non-hydrogen) atoms. The molecule has 0 bridgehead atoms. The van der Waals surface area contributed by atoms with E-state index >= 15 is 0 Å². The summed E-state index contributed by atoms with van der Waals surface area (Å²) in [6, 6.07) is 5.84. The van der Waals surface area contributed by atoms with Crippen molar-refractivity contribution in [2.75, 3.05) is 13.2 Å². The molecule has 0 aliphatic carbocycles. The van der Waals surface area contributed by atoms with Gasteiger partial charge >= 0.3 is 5.92 Å². The summed E-state index contributed by atoms with van der Waals surface area (Å²) in [5.41, 5.74) is 8.07. The highest BCUT2D eigenvalue weighted by Gasteiger charge is 2.50. The van der Waals surface area contributed by atoms with Crippen molar-refractivity contribution in [3.05, 3.63) is 36.4 Å². The van der Waals surface area contributed by atoms with Gasteiger partial charge < -0.3 is 34.6 Å². The van der Waals surface area contributed by atoms with Crippen molar-refractivity contribution in [1.29, 1.82) is 0 Å². The average Bonchev–Trinajstić information content (AvgIpc) is 3.46. The lowest BCUT2D eigenvalue weighted by Gasteiger charge is -2.18. The minimum atomic E-state index is -4.12. The predicted octanol–water partition coefficient (Wildman–Crippen LogP) is 0.256. The van der Waals surface area contributed by atoms with Crippen LogP contribution in [0.3, 0.4) is 0 Å². The Morgan fingerprint density at radius 1 is 1.30 bits per heavy atom. The zero-order valence-electron chi connectivity index (χ0n) is 18.4. The van der Waals surface area contributed by atoms with Gasteiger partial charge in [0.1, 0.15) is 30.0 Å². The van der Waals surface area contributed by atoms with Crippen LogP contribution in [0.15, 0.2) is 30.5 Å². The summed E-state index contributed by atoms with van der Waals surface area (Å²) >= 11 is 0. The van der Waals surface area contributed by atoms with Crippen LogP contribution in [0.5, 0.6) is 5.75 Å². The van der Waals surface area contributed by atoms with Crippen molar-refractivity contribution in [3.8, 4) is 5.75 Å². The van der Waals surface area contributed by atoms with Crippen LogP contribution in [0.2, 0.25) is 0 Å². The summed E-state index contributed by atoms with van der Waals surface area (Å²) in [6.07, 6.45) is -1.26. The van der Waals surface area contributed by atoms with E-state index in [1.54, 1.807) is 0 Å². The fraction of sp³-hybridized carbons (Fsp3) is 0.545. The molecule has 11 heteroatoms. The first-order valence-electron chi connectivity index (χ1n) is 10.9. The van der Waals surface area contributed by atoms with E-state index < -0.39 is 36.3 Å². The van der Waals surface area contributed by atoms with Gasteiger partial charge in [0, 0.05) is 12.1 Å². The maximum Gasteiger partial charge on any atom is 0.308 e. The molecule has 4 rings (SSSR count). The summed E-state index contributed by atoms with van der Waals surface area (Å²) in [5.74, 6) is -4.93. The highest BCUT2D eigenvalue weighted by molar-refractivity contribution is 5.75. The highest BCUT2D eigenvalue weighted by Crippen LogP contribution is 2.32.